The van der Waals surface area contributed by atoms with Crippen LogP contribution < -0.4 is 0 Å². The Hall–Kier alpha value is -0.330. The van der Waals surface area contributed by atoms with Gasteiger partial charge >= 0.3 is 0 Å². The third-order valence-electron chi connectivity index (χ3n) is 8.15. The van der Waals surface area contributed by atoms with E-state index in [1.165, 1.54) is 51.4 Å². The molecule has 0 bridgehead atoms. The van der Waals surface area contributed by atoms with Crippen LogP contribution >= 0.6 is 0 Å². The molecule has 0 N–H and O–H groups in total. The summed E-state index contributed by atoms with van der Waals surface area (Å²) in [6, 6.07) is 0. The highest BCUT2D eigenvalue weighted by atomic mass is 16.1. The van der Waals surface area contributed by atoms with Crippen molar-refractivity contribution in [2.75, 3.05) is 0 Å². The molecule has 0 aromatic carbocycles. The van der Waals surface area contributed by atoms with Crippen LogP contribution in [0.1, 0.15) is 78.1 Å². The summed E-state index contributed by atoms with van der Waals surface area (Å²) >= 11 is 0. The lowest BCUT2D eigenvalue weighted by Crippen LogP contribution is -2.51. The van der Waals surface area contributed by atoms with Gasteiger partial charge in [-0.25, -0.2) is 0 Å². The van der Waals surface area contributed by atoms with Crippen LogP contribution in [0.5, 0.6) is 0 Å². The molecule has 0 aromatic rings. The smallest absolute Gasteiger partial charge is 0.133 e. The summed E-state index contributed by atoms with van der Waals surface area (Å²) in [6.45, 7) is 5.04. The maximum Gasteiger partial charge on any atom is 0.133 e. The Labute approximate surface area is 123 Å². The summed E-state index contributed by atoms with van der Waals surface area (Å²) in [5.41, 5.74) is 0.990. The number of hydrogen-bond donors (Lipinski definition) is 0. The predicted octanol–water partition coefficient (Wildman–Crippen LogP) is 4.99. The zero-order chi connectivity index (χ0) is 14.0. The van der Waals surface area contributed by atoms with Crippen LogP contribution in [-0.4, -0.2) is 5.78 Å². The van der Waals surface area contributed by atoms with E-state index in [0.29, 0.717) is 16.6 Å². The van der Waals surface area contributed by atoms with Crippen molar-refractivity contribution in [3.8, 4) is 0 Å². The quantitative estimate of drug-likeness (QED) is 0.608. The van der Waals surface area contributed by atoms with Crippen molar-refractivity contribution in [2.45, 2.75) is 78.1 Å². The summed E-state index contributed by atoms with van der Waals surface area (Å²) in [6.07, 6.45) is 13.3. The zero-order valence-corrected chi connectivity index (χ0v) is 13.3. The number of carbonyl (C=O) groups is 1. The van der Waals surface area contributed by atoms with Gasteiger partial charge in [0.05, 0.1) is 0 Å². The molecular weight excluding hydrogens is 244 g/mol. The topological polar surface area (TPSA) is 17.1 Å². The molecule has 1 nitrogen and oxygen atoms in total. The number of rotatable bonds is 0. The minimum Gasteiger partial charge on any atom is -0.300 e. The molecule has 0 unspecified atom stereocenters. The molecule has 1 heteroatoms. The average molecular weight is 274 g/mol. The summed E-state index contributed by atoms with van der Waals surface area (Å²) in [5.74, 6) is 4.10. The lowest BCUT2D eigenvalue weighted by Gasteiger charge is -2.59. The third-order valence-corrected chi connectivity index (χ3v) is 8.15. The molecule has 0 saturated heterocycles. The first kappa shape index (κ1) is 13.3. The first-order valence-corrected chi connectivity index (χ1v) is 9.05. The molecule has 0 aromatic heterocycles. The second-order valence-corrected chi connectivity index (χ2v) is 9.01. The number of Topliss-reactive ketones (excluding diaryl/α,β-unsaturated/α-hetero) is 1. The van der Waals surface area contributed by atoms with Crippen LogP contribution in [0.2, 0.25) is 0 Å². The Bertz CT molecular complexity index is 427. The lowest BCUT2D eigenvalue weighted by molar-refractivity contribution is -0.118. The summed E-state index contributed by atoms with van der Waals surface area (Å²) < 4.78 is 0. The van der Waals surface area contributed by atoms with Gasteiger partial charge in [-0.2, -0.15) is 0 Å². The van der Waals surface area contributed by atoms with Crippen LogP contribution in [0.25, 0.3) is 0 Å². The van der Waals surface area contributed by atoms with Crippen LogP contribution in [0.4, 0.5) is 0 Å². The van der Waals surface area contributed by atoms with E-state index in [0.717, 1.165) is 36.5 Å². The van der Waals surface area contributed by atoms with Gasteiger partial charge in [-0.1, -0.05) is 26.7 Å². The molecule has 4 saturated carbocycles. The second-order valence-electron chi connectivity index (χ2n) is 9.01. The summed E-state index contributed by atoms with van der Waals surface area (Å²) in [4.78, 5) is 12.1. The molecule has 0 radical (unpaired) electrons. The minimum absolute atomic E-state index is 0.371. The van der Waals surface area contributed by atoms with Crippen LogP contribution in [0.15, 0.2) is 0 Å². The lowest BCUT2D eigenvalue weighted by atomic mass is 9.45. The largest absolute Gasteiger partial charge is 0.300 e. The standard InChI is InChI=1S/C19H30O/c1-18-10-8-16-15(17(18)11-14(20)12-18)7-6-13-5-3-4-9-19(13,16)2/h13,15-17H,3-12H2,1-2H3/t13-,15-,16+,17+,18-,19-/m0/s1. The van der Waals surface area contributed by atoms with E-state index in [2.05, 4.69) is 13.8 Å². The normalized spacial score (nSPS) is 55.0. The average Bonchev–Trinajstić information content (AvgIpc) is 2.72. The van der Waals surface area contributed by atoms with Gasteiger partial charge in [-0.15, -0.1) is 0 Å². The SMILES string of the molecule is C[C@@]12CC[C@@H]3[C@H](CC[C@@H]4CCCC[C@@]43C)[C@H]1CC(=O)C2. The fourth-order valence-corrected chi connectivity index (χ4v) is 7.07. The Kier molecular flexibility index (Phi) is 2.89. The van der Waals surface area contributed by atoms with E-state index < -0.39 is 0 Å². The van der Waals surface area contributed by atoms with Crippen molar-refractivity contribution < 1.29 is 4.79 Å². The molecule has 0 spiro atoms. The zero-order valence-electron chi connectivity index (χ0n) is 13.3. The maximum absolute atomic E-state index is 12.1. The van der Waals surface area contributed by atoms with E-state index in [1.54, 1.807) is 0 Å². The molecule has 0 heterocycles. The molecule has 20 heavy (non-hydrogen) atoms. The molecule has 4 fully saturated rings. The Morgan fingerprint density at radius 1 is 0.950 bits per heavy atom. The van der Waals surface area contributed by atoms with Crippen molar-refractivity contribution in [1.82, 2.24) is 0 Å². The van der Waals surface area contributed by atoms with Gasteiger partial charge in [0.25, 0.3) is 0 Å². The second kappa shape index (κ2) is 4.34. The van der Waals surface area contributed by atoms with E-state index in [-0.39, 0.29) is 0 Å². The first-order valence-electron chi connectivity index (χ1n) is 9.05. The molecule has 0 aliphatic heterocycles. The van der Waals surface area contributed by atoms with Gasteiger partial charge in [0.1, 0.15) is 5.78 Å². The van der Waals surface area contributed by atoms with Crippen molar-refractivity contribution in [3.05, 3.63) is 0 Å². The number of ketones is 1. The van der Waals surface area contributed by atoms with Crippen LogP contribution in [0.3, 0.4) is 0 Å². The molecular formula is C19H30O. The van der Waals surface area contributed by atoms with Gasteiger partial charge in [-0.05, 0) is 73.0 Å². The van der Waals surface area contributed by atoms with E-state index >= 15 is 0 Å². The Morgan fingerprint density at radius 2 is 1.80 bits per heavy atom. The van der Waals surface area contributed by atoms with E-state index in [9.17, 15) is 4.79 Å². The number of hydrogen-bond acceptors (Lipinski definition) is 1. The molecule has 4 rings (SSSR count). The highest BCUT2D eigenvalue weighted by Gasteiger charge is 2.58. The Morgan fingerprint density at radius 3 is 2.65 bits per heavy atom. The predicted molar refractivity (Wildman–Crippen MR) is 81.4 cm³/mol. The molecule has 6 atom stereocenters. The molecule has 112 valence electrons. The van der Waals surface area contributed by atoms with Crippen molar-refractivity contribution in [3.63, 3.8) is 0 Å². The highest BCUT2D eigenvalue weighted by Crippen LogP contribution is 2.65. The van der Waals surface area contributed by atoms with Gasteiger partial charge in [0.2, 0.25) is 0 Å². The fourth-order valence-electron chi connectivity index (χ4n) is 7.07. The van der Waals surface area contributed by atoms with Crippen LogP contribution in [0, 0.1) is 34.5 Å². The molecule has 0 amide bonds. The van der Waals surface area contributed by atoms with Crippen molar-refractivity contribution >= 4 is 5.78 Å². The highest BCUT2D eigenvalue weighted by molar-refractivity contribution is 5.82. The summed E-state index contributed by atoms with van der Waals surface area (Å²) in [5, 5.41) is 0. The summed E-state index contributed by atoms with van der Waals surface area (Å²) in [7, 11) is 0. The van der Waals surface area contributed by atoms with Gasteiger partial charge in [0.15, 0.2) is 0 Å². The Balaban J connectivity index is 1.65. The monoisotopic (exact) mass is 274 g/mol. The van der Waals surface area contributed by atoms with Crippen molar-refractivity contribution in [2.24, 2.45) is 34.5 Å². The van der Waals surface area contributed by atoms with Crippen LogP contribution in [-0.2, 0) is 4.79 Å². The van der Waals surface area contributed by atoms with Crippen molar-refractivity contribution in [1.29, 1.82) is 0 Å². The minimum atomic E-state index is 0.371. The first-order chi connectivity index (χ1) is 9.53. The third kappa shape index (κ3) is 1.70. The van der Waals surface area contributed by atoms with E-state index in [4.69, 9.17) is 0 Å². The van der Waals surface area contributed by atoms with Gasteiger partial charge in [-0.3, -0.25) is 4.79 Å². The maximum atomic E-state index is 12.1. The van der Waals surface area contributed by atoms with Gasteiger partial charge in [0, 0.05) is 12.8 Å². The molecule has 4 aliphatic rings. The molecule has 4 aliphatic carbocycles. The van der Waals surface area contributed by atoms with Gasteiger partial charge < -0.3 is 0 Å². The van der Waals surface area contributed by atoms with E-state index in [1.807, 2.05) is 0 Å². The number of fused-ring (bicyclic) bond motifs is 5. The fraction of sp³-hybridized carbons (Fsp3) is 0.947. The number of carbonyl (C=O) groups excluding carboxylic acids is 1.